The number of rotatable bonds is 1. The van der Waals surface area contributed by atoms with Crippen LogP contribution in [0.25, 0.3) is 0 Å². The third kappa shape index (κ3) is 2.14. The van der Waals surface area contributed by atoms with Gasteiger partial charge in [-0.25, -0.2) is 0 Å². The number of nitrogens with zero attached hydrogens (tertiary/aromatic N) is 1. The Bertz CT molecular complexity index is 339. The van der Waals surface area contributed by atoms with Crippen LogP contribution in [0, 0.1) is 0 Å². The fourth-order valence-electron chi connectivity index (χ4n) is 1.71. The summed E-state index contributed by atoms with van der Waals surface area (Å²) in [7, 11) is 0. The summed E-state index contributed by atoms with van der Waals surface area (Å²) >= 11 is 0. The minimum atomic E-state index is -0.0280. The summed E-state index contributed by atoms with van der Waals surface area (Å²) in [6, 6.07) is 5.29. The molecule has 1 aromatic rings. The van der Waals surface area contributed by atoms with Gasteiger partial charge in [0, 0.05) is 25.7 Å². The second-order valence-electron chi connectivity index (χ2n) is 3.49. The van der Waals surface area contributed by atoms with Crippen LogP contribution < -0.4 is 15.8 Å². The van der Waals surface area contributed by atoms with Gasteiger partial charge in [-0.05, 0) is 19.0 Å². The molecule has 2 rings (SSSR count). The minimum Gasteiger partial charge on any atom is -0.357 e. The highest BCUT2D eigenvalue weighted by molar-refractivity contribution is 5.37. The number of anilines is 1. The molecule has 0 radical (unpaired) electrons. The van der Waals surface area contributed by atoms with Crippen molar-refractivity contribution < 1.29 is 0 Å². The molecule has 1 aliphatic rings. The van der Waals surface area contributed by atoms with Crippen LogP contribution in [0.1, 0.15) is 6.42 Å². The molecule has 1 aromatic heterocycles. The zero-order chi connectivity index (χ0) is 9.80. The van der Waals surface area contributed by atoms with Gasteiger partial charge in [0.1, 0.15) is 5.82 Å². The summed E-state index contributed by atoms with van der Waals surface area (Å²) in [6.45, 7) is 4.01. The highest BCUT2D eigenvalue weighted by Crippen LogP contribution is 2.08. The highest BCUT2D eigenvalue weighted by Gasteiger charge is 2.09. The molecule has 0 spiro atoms. The van der Waals surface area contributed by atoms with E-state index in [9.17, 15) is 4.79 Å². The predicted molar refractivity (Wildman–Crippen MR) is 56.8 cm³/mol. The van der Waals surface area contributed by atoms with Crippen molar-refractivity contribution in [3.05, 3.63) is 28.6 Å². The molecular formula is C10H15N3O. The number of H-pyrrole nitrogens is 1. The fraction of sp³-hybridized carbons (Fsp3) is 0.500. The number of hydrogen-bond acceptors (Lipinski definition) is 3. The molecule has 0 saturated carbocycles. The molecule has 14 heavy (non-hydrogen) atoms. The molecule has 2 heterocycles. The molecule has 0 unspecified atom stereocenters. The van der Waals surface area contributed by atoms with Gasteiger partial charge < -0.3 is 15.2 Å². The van der Waals surface area contributed by atoms with Crippen molar-refractivity contribution in [2.75, 3.05) is 31.1 Å². The molecule has 76 valence electrons. The zero-order valence-corrected chi connectivity index (χ0v) is 8.12. The molecule has 2 N–H and O–H groups in total. The van der Waals surface area contributed by atoms with Gasteiger partial charge in [-0.15, -0.1) is 0 Å². The Balaban J connectivity index is 2.16. The van der Waals surface area contributed by atoms with E-state index in [-0.39, 0.29) is 5.56 Å². The van der Waals surface area contributed by atoms with Crippen molar-refractivity contribution >= 4 is 5.82 Å². The molecule has 1 fully saturated rings. The van der Waals surface area contributed by atoms with Crippen molar-refractivity contribution in [2.24, 2.45) is 0 Å². The number of aromatic nitrogens is 1. The third-order valence-corrected chi connectivity index (χ3v) is 2.43. The van der Waals surface area contributed by atoms with E-state index in [4.69, 9.17) is 0 Å². The number of hydrogen-bond donors (Lipinski definition) is 2. The van der Waals surface area contributed by atoms with Crippen molar-refractivity contribution in [3.8, 4) is 0 Å². The molecule has 0 aliphatic carbocycles. The Hall–Kier alpha value is -1.29. The van der Waals surface area contributed by atoms with Crippen LogP contribution in [0.2, 0.25) is 0 Å². The first-order valence-corrected chi connectivity index (χ1v) is 5.01. The van der Waals surface area contributed by atoms with E-state index in [2.05, 4.69) is 15.2 Å². The topological polar surface area (TPSA) is 48.1 Å². The SMILES string of the molecule is O=c1cccc(N2CCCNCC2)[nH]1. The van der Waals surface area contributed by atoms with Crippen LogP contribution in [-0.2, 0) is 0 Å². The van der Waals surface area contributed by atoms with Gasteiger partial charge >= 0.3 is 0 Å². The Kier molecular flexibility index (Phi) is 2.84. The lowest BCUT2D eigenvalue weighted by atomic mass is 10.3. The third-order valence-electron chi connectivity index (χ3n) is 2.43. The summed E-state index contributed by atoms with van der Waals surface area (Å²) in [6.07, 6.45) is 1.12. The summed E-state index contributed by atoms with van der Waals surface area (Å²) in [5.74, 6) is 0.932. The number of pyridine rings is 1. The zero-order valence-electron chi connectivity index (χ0n) is 8.12. The second kappa shape index (κ2) is 4.28. The van der Waals surface area contributed by atoms with Gasteiger partial charge in [-0.1, -0.05) is 6.07 Å². The van der Waals surface area contributed by atoms with Crippen molar-refractivity contribution in [1.29, 1.82) is 0 Å². The summed E-state index contributed by atoms with van der Waals surface area (Å²) in [4.78, 5) is 16.2. The Morgan fingerprint density at radius 1 is 1.21 bits per heavy atom. The first kappa shape index (κ1) is 9.27. The molecule has 0 bridgehead atoms. The van der Waals surface area contributed by atoms with Crippen LogP contribution in [0.3, 0.4) is 0 Å². The van der Waals surface area contributed by atoms with Crippen molar-refractivity contribution in [1.82, 2.24) is 10.3 Å². The van der Waals surface area contributed by atoms with Gasteiger partial charge in [0.05, 0.1) is 0 Å². The Morgan fingerprint density at radius 3 is 3.00 bits per heavy atom. The van der Waals surface area contributed by atoms with Gasteiger partial charge in [-0.3, -0.25) is 4.79 Å². The van der Waals surface area contributed by atoms with E-state index in [0.717, 1.165) is 38.4 Å². The number of nitrogens with one attached hydrogen (secondary N) is 2. The Labute approximate surface area is 82.9 Å². The molecule has 0 amide bonds. The van der Waals surface area contributed by atoms with Gasteiger partial charge in [-0.2, -0.15) is 0 Å². The quantitative estimate of drug-likeness (QED) is 0.668. The van der Waals surface area contributed by atoms with Gasteiger partial charge in [0.15, 0.2) is 0 Å². The summed E-state index contributed by atoms with van der Waals surface area (Å²) in [5.41, 5.74) is -0.0280. The fourth-order valence-corrected chi connectivity index (χ4v) is 1.71. The molecule has 0 aromatic carbocycles. The largest absolute Gasteiger partial charge is 0.357 e. The minimum absolute atomic E-state index is 0.0280. The standard InChI is InChI=1S/C10H15N3O/c14-10-4-1-3-9(12-10)13-7-2-5-11-6-8-13/h1,3-4,11H,2,5-8H2,(H,12,14). The van der Waals surface area contributed by atoms with E-state index < -0.39 is 0 Å². The maximum Gasteiger partial charge on any atom is 0.249 e. The van der Waals surface area contributed by atoms with E-state index in [1.165, 1.54) is 0 Å². The molecule has 4 heteroatoms. The Morgan fingerprint density at radius 2 is 2.14 bits per heavy atom. The normalized spacial score (nSPS) is 17.9. The first-order chi connectivity index (χ1) is 6.86. The second-order valence-corrected chi connectivity index (χ2v) is 3.49. The van der Waals surface area contributed by atoms with E-state index in [1.54, 1.807) is 12.1 Å². The van der Waals surface area contributed by atoms with Gasteiger partial charge in [0.2, 0.25) is 5.56 Å². The van der Waals surface area contributed by atoms with E-state index in [1.807, 2.05) is 6.07 Å². The highest BCUT2D eigenvalue weighted by atomic mass is 16.1. The van der Waals surface area contributed by atoms with Gasteiger partial charge in [0.25, 0.3) is 0 Å². The first-order valence-electron chi connectivity index (χ1n) is 5.01. The van der Waals surface area contributed by atoms with Crippen LogP contribution in [-0.4, -0.2) is 31.2 Å². The molecule has 4 nitrogen and oxygen atoms in total. The van der Waals surface area contributed by atoms with E-state index in [0.29, 0.717) is 0 Å². The lowest BCUT2D eigenvalue weighted by molar-refractivity contribution is 0.724. The van der Waals surface area contributed by atoms with Crippen LogP contribution in [0.5, 0.6) is 0 Å². The average Bonchev–Trinajstić information content (AvgIpc) is 2.45. The smallest absolute Gasteiger partial charge is 0.249 e. The monoisotopic (exact) mass is 193 g/mol. The molecule has 1 aliphatic heterocycles. The molecule has 0 atom stereocenters. The van der Waals surface area contributed by atoms with Crippen LogP contribution in [0.4, 0.5) is 5.82 Å². The van der Waals surface area contributed by atoms with Crippen molar-refractivity contribution in [3.63, 3.8) is 0 Å². The molecule has 1 saturated heterocycles. The van der Waals surface area contributed by atoms with Crippen LogP contribution >= 0.6 is 0 Å². The van der Waals surface area contributed by atoms with E-state index >= 15 is 0 Å². The van der Waals surface area contributed by atoms with Crippen LogP contribution in [0.15, 0.2) is 23.0 Å². The maximum atomic E-state index is 11.1. The number of aromatic amines is 1. The summed E-state index contributed by atoms with van der Waals surface area (Å²) in [5, 5.41) is 3.33. The average molecular weight is 193 g/mol. The summed E-state index contributed by atoms with van der Waals surface area (Å²) < 4.78 is 0. The predicted octanol–water partition coefficient (Wildman–Crippen LogP) is 0.175. The lowest BCUT2D eigenvalue weighted by Gasteiger charge is -2.21. The maximum absolute atomic E-state index is 11.1. The molecular weight excluding hydrogens is 178 g/mol. The lowest BCUT2D eigenvalue weighted by Crippen LogP contribution is -2.29. The van der Waals surface area contributed by atoms with Crippen molar-refractivity contribution in [2.45, 2.75) is 6.42 Å².